The number of carbonyl (C=O) groups excluding carboxylic acids is 1. The Hall–Kier alpha value is -3.97. The minimum absolute atomic E-state index is 0.0489. The van der Waals surface area contributed by atoms with Gasteiger partial charge in [-0.15, -0.1) is 10.2 Å². The number of hydrogen-bond acceptors (Lipinski definition) is 7. The molecule has 1 fully saturated rings. The molecule has 2 amide bonds. The number of nitrogens with zero attached hydrogens (tertiary/aromatic N) is 4. The molecule has 0 aliphatic heterocycles. The van der Waals surface area contributed by atoms with Gasteiger partial charge in [-0.3, -0.25) is 0 Å². The van der Waals surface area contributed by atoms with Gasteiger partial charge in [0.1, 0.15) is 11.8 Å². The Labute approximate surface area is 225 Å². The fourth-order valence-corrected chi connectivity index (χ4v) is 5.19. The highest BCUT2D eigenvalue weighted by Gasteiger charge is 2.28. The van der Waals surface area contributed by atoms with Crippen LogP contribution in [0, 0.1) is 18.3 Å². The molecule has 0 spiro atoms. The Morgan fingerprint density at radius 1 is 1.24 bits per heavy atom. The molecule has 0 atom stereocenters. The zero-order chi connectivity index (χ0) is 26.6. The molecule has 1 saturated carbocycles. The molecule has 2 N–H and O–H groups in total. The second kappa shape index (κ2) is 11.2. The van der Waals surface area contributed by atoms with E-state index in [-0.39, 0.29) is 12.1 Å². The van der Waals surface area contributed by atoms with E-state index in [1.807, 2.05) is 56.3 Å². The highest BCUT2D eigenvalue weighted by atomic mass is 32.2. The first-order valence-electron chi connectivity index (χ1n) is 12.7. The van der Waals surface area contributed by atoms with Crippen LogP contribution in [0.2, 0.25) is 0 Å². The molecule has 196 valence electrons. The number of hydrogen-bond donors (Lipinski definition) is 2. The van der Waals surface area contributed by atoms with E-state index in [4.69, 9.17) is 9.15 Å². The van der Waals surface area contributed by atoms with E-state index in [0.29, 0.717) is 40.8 Å². The number of nitrogens with one attached hydrogen (secondary N) is 2. The summed E-state index contributed by atoms with van der Waals surface area (Å²) >= 11 is 1.46. The van der Waals surface area contributed by atoms with E-state index in [1.54, 1.807) is 6.92 Å². The molecule has 10 heteroatoms. The summed E-state index contributed by atoms with van der Waals surface area (Å²) in [4.78, 5) is 12.1. The van der Waals surface area contributed by atoms with Gasteiger partial charge in [-0.2, -0.15) is 5.26 Å². The lowest BCUT2D eigenvalue weighted by molar-refractivity contribution is 0.250. The summed E-state index contributed by atoms with van der Waals surface area (Å²) < 4.78 is 13.7. The average Bonchev–Trinajstić information content (AvgIpc) is 3.41. The number of nitriles is 1. The van der Waals surface area contributed by atoms with Crippen molar-refractivity contribution >= 4 is 34.4 Å². The van der Waals surface area contributed by atoms with Crippen molar-refractivity contribution < 1.29 is 13.9 Å². The van der Waals surface area contributed by atoms with E-state index in [0.717, 1.165) is 40.8 Å². The van der Waals surface area contributed by atoms with Crippen molar-refractivity contribution in [1.82, 2.24) is 20.1 Å². The van der Waals surface area contributed by atoms with Crippen LogP contribution in [0.3, 0.4) is 0 Å². The summed E-state index contributed by atoms with van der Waals surface area (Å²) in [6.45, 7) is 6.08. The Balaban J connectivity index is 1.41. The Morgan fingerprint density at radius 3 is 2.66 bits per heavy atom. The quantitative estimate of drug-likeness (QED) is 0.193. The molecular weight excluding hydrogens is 500 g/mol. The van der Waals surface area contributed by atoms with Crippen LogP contribution in [0.1, 0.15) is 50.6 Å². The van der Waals surface area contributed by atoms with Gasteiger partial charge < -0.3 is 24.4 Å². The lowest BCUT2D eigenvalue weighted by atomic mass is 9.92. The third-order valence-electron chi connectivity index (χ3n) is 6.45. The molecule has 1 aliphatic carbocycles. The van der Waals surface area contributed by atoms with E-state index >= 15 is 0 Å². The van der Waals surface area contributed by atoms with Crippen LogP contribution in [-0.4, -0.2) is 39.2 Å². The molecule has 5 rings (SSSR count). The van der Waals surface area contributed by atoms with Gasteiger partial charge in [0.25, 0.3) is 5.22 Å². The zero-order valence-corrected chi connectivity index (χ0v) is 22.5. The number of aryl methyl sites for hydroxylation is 1. The second-order valence-electron chi connectivity index (χ2n) is 9.58. The van der Waals surface area contributed by atoms with Crippen LogP contribution in [0.15, 0.2) is 52.1 Å². The van der Waals surface area contributed by atoms with Crippen molar-refractivity contribution in [2.75, 3.05) is 17.7 Å². The summed E-state index contributed by atoms with van der Waals surface area (Å²) in [6.07, 6.45) is 3.31. The average molecular weight is 531 g/mol. The Kier molecular flexibility index (Phi) is 7.56. The number of anilines is 1. The third-order valence-corrected chi connectivity index (χ3v) is 7.23. The molecule has 2 aromatic carbocycles. The Morgan fingerprint density at radius 2 is 2.03 bits per heavy atom. The summed E-state index contributed by atoms with van der Waals surface area (Å²) in [7, 11) is 0. The maximum atomic E-state index is 12.1. The lowest BCUT2D eigenvalue weighted by Crippen LogP contribution is -2.34. The van der Waals surface area contributed by atoms with Gasteiger partial charge in [-0.25, -0.2) is 4.79 Å². The summed E-state index contributed by atoms with van der Waals surface area (Å²) in [5.41, 5.74) is 4.19. The number of rotatable bonds is 9. The first kappa shape index (κ1) is 25.7. The van der Waals surface area contributed by atoms with Gasteiger partial charge in [0.15, 0.2) is 0 Å². The molecule has 38 heavy (non-hydrogen) atoms. The number of carbonyl (C=O) groups is 1. The molecule has 0 unspecified atom stereocenters. The normalized spacial score (nSPS) is 13.3. The van der Waals surface area contributed by atoms with Crippen molar-refractivity contribution in [3.63, 3.8) is 0 Å². The van der Waals surface area contributed by atoms with Crippen molar-refractivity contribution in [2.24, 2.45) is 0 Å². The molecule has 2 heterocycles. The molecule has 0 radical (unpaired) electrons. The predicted octanol–water partition coefficient (Wildman–Crippen LogP) is 6.30. The fraction of sp³-hybridized carbons (Fsp3) is 0.357. The minimum atomic E-state index is -0.243. The Bertz CT molecular complexity index is 1480. The van der Waals surface area contributed by atoms with Crippen molar-refractivity contribution in [1.29, 1.82) is 5.26 Å². The van der Waals surface area contributed by atoms with E-state index in [1.165, 1.54) is 18.2 Å². The van der Waals surface area contributed by atoms with Gasteiger partial charge in [0.05, 0.1) is 23.4 Å². The SMILES string of the molecule is Cc1nnc(SCCOc2ccc3c(C#N)c(-c4ccc(NC(=O)NC(C)C)cc4)n(C4CCC4)c3c2)o1. The first-order valence-corrected chi connectivity index (χ1v) is 13.7. The van der Waals surface area contributed by atoms with Crippen LogP contribution in [-0.2, 0) is 0 Å². The van der Waals surface area contributed by atoms with E-state index in [2.05, 4.69) is 31.5 Å². The number of ether oxygens (including phenoxy) is 1. The molecular formula is C28H30N6O3S. The van der Waals surface area contributed by atoms with Crippen LogP contribution in [0.5, 0.6) is 5.75 Å². The van der Waals surface area contributed by atoms with Crippen molar-refractivity contribution in [3.8, 4) is 23.1 Å². The topological polar surface area (TPSA) is 118 Å². The molecule has 0 saturated heterocycles. The number of benzene rings is 2. The summed E-state index contributed by atoms with van der Waals surface area (Å²) in [5, 5.41) is 25.2. The molecule has 9 nitrogen and oxygen atoms in total. The van der Waals surface area contributed by atoms with Crippen LogP contribution < -0.4 is 15.4 Å². The third kappa shape index (κ3) is 5.48. The number of urea groups is 1. The molecule has 0 bridgehead atoms. The van der Waals surface area contributed by atoms with Crippen LogP contribution in [0.25, 0.3) is 22.2 Å². The fourth-order valence-electron chi connectivity index (χ4n) is 4.57. The predicted molar refractivity (Wildman–Crippen MR) is 148 cm³/mol. The highest BCUT2D eigenvalue weighted by molar-refractivity contribution is 7.99. The van der Waals surface area contributed by atoms with Gasteiger partial charge in [-0.05, 0) is 62.9 Å². The molecule has 1 aliphatic rings. The van der Waals surface area contributed by atoms with Crippen LogP contribution >= 0.6 is 11.8 Å². The number of amides is 2. The maximum absolute atomic E-state index is 12.1. The van der Waals surface area contributed by atoms with Crippen molar-refractivity contribution in [3.05, 3.63) is 53.9 Å². The van der Waals surface area contributed by atoms with Gasteiger partial charge >= 0.3 is 6.03 Å². The summed E-state index contributed by atoms with van der Waals surface area (Å²) in [5.74, 6) is 1.97. The number of aromatic nitrogens is 3. The zero-order valence-electron chi connectivity index (χ0n) is 21.7. The van der Waals surface area contributed by atoms with Crippen molar-refractivity contribution in [2.45, 2.75) is 57.3 Å². The molecule has 4 aromatic rings. The highest BCUT2D eigenvalue weighted by Crippen LogP contribution is 2.43. The monoisotopic (exact) mass is 530 g/mol. The van der Waals surface area contributed by atoms with E-state index < -0.39 is 0 Å². The standard InChI is InChI=1S/C28H30N6O3S/c1-17(2)30-27(35)31-20-9-7-19(8-10-20)26-24(16-29)23-12-11-22(15-25(23)34(26)21-5-4-6-21)36-13-14-38-28-33-32-18(3)37-28/h7-12,15,17,21H,4-6,13-14H2,1-3H3,(H2,30,31,35). The second-order valence-corrected chi connectivity index (χ2v) is 10.6. The van der Waals surface area contributed by atoms with E-state index in [9.17, 15) is 10.1 Å². The summed E-state index contributed by atoms with van der Waals surface area (Å²) in [6, 6.07) is 16.2. The van der Waals surface area contributed by atoms with Crippen LogP contribution in [0.4, 0.5) is 10.5 Å². The number of fused-ring (bicyclic) bond motifs is 1. The lowest BCUT2D eigenvalue weighted by Gasteiger charge is -2.30. The first-order chi connectivity index (χ1) is 18.4. The van der Waals surface area contributed by atoms with Gasteiger partial charge in [0.2, 0.25) is 5.89 Å². The smallest absolute Gasteiger partial charge is 0.319 e. The van der Waals surface area contributed by atoms with Gasteiger partial charge in [0, 0.05) is 41.9 Å². The largest absolute Gasteiger partial charge is 0.493 e. The number of thioether (sulfide) groups is 1. The molecule has 2 aromatic heterocycles. The maximum Gasteiger partial charge on any atom is 0.319 e. The van der Waals surface area contributed by atoms with Gasteiger partial charge in [-0.1, -0.05) is 23.9 Å². The minimum Gasteiger partial charge on any atom is -0.493 e.